The molecule has 146 valence electrons. The van der Waals surface area contributed by atoms with Gasteiger partial charge in [0.25, 0.3) is 0 Å². The van der Waals surface area contributed by atoms with Crippen LogP contribution in [0, 0.1) is 5.82 Å². The van der Waals surface area contributed by atoms with Gasteiger partial charge in [0, 0.05) is 38.1 Å². The molecule has 1 aliphatic rings. The summed E-state index contributed by atoms with van der Waals surface area (Å²) in [4.78, 5) is 31.2. The molecule has 0 unspecified atom stereocenters. The first-order valence-corrected chi connectivity index (χ1v) is 8.91. The number of halogens is 1. The zero-order valence-electron chi connectivity index (χ0n) is 15.6. The number of imidazole rings is 1. The lowest BCUT2D eigenvalue weighted by molar-refractivity contribution is 0.221. The summed E-state index contributed by atoms with van der Waals surface area (Å²) in [7, 11) is 3.09. The molecule has 0 radical (unpaired) electrons. The van der Waals surface area contributed by atoms with Crippen LogP contribution in [0.1, 0.15) is 12.5 Å². The Kier molecular flexibility index (Phi) is 4.50. The monoisotopic (exact) mass is 385 g/mol. The lowest BCUT2D eigenvalue weighted by Crippen LogP contribution is -2.34. The molecule has 2 amide bonds. The van der Waals surface area contributed by atoms with Crippen molar-refractivity contribution in [1.82, 2.24) is 19.0 Å². The summed E-state index contributed by atoms with van der Waals surface area (Å²) in [5, 5.41) is 2.69. The number of benzene rings is 1. The second kappa shape index (κ2) is 6.99. The Hall–Kier alpha value is -3.36. The minimum atomic E-state index is -0.548. The maximum Gasteiger partial charge on any atom is 0.330 e. The molecule has 3 heterocycles. The minimum Gasteiger partial charge on any atom is -0.494 e. The first kappa shape index (κ1) is 18.0. The predicted octanol–water partition coefficient (Wildman–Crippen LogP) is 2.36. The van der Waals surface area contributed by atoms with Gasteiger partial charge in [0.1, 0.15) is 0 Å². The van der Waals surface area contributed by atoms with Crippen LogP contribution >= 0.6 is 0 Å². The number of fused-ring (bicyclic) bond motifs is 1. The summed E-state index contributed by atoms with van der Waals surface area (Å²) < 4.78 is 21.9. The number of aryl methyl sites for hydroxylation is 1. The van der Waals surface area contributed by atoms with E-state index < -0.39 is 5.82 Å². The molecule has 28 heavy (non-hydrogen) atoms. The smallest absolute Gasteiger partial charge is 0.330 e. The quantitative estimate of drug-likeness (QED) is 0.751. The maximum absolute atomic E-state index is 13.8. The van der Waals surface area contributed by atoms with Crippen LogP contribution in [-0.4, -0.2) is 45.2 Å². The topological polar surface area (TPSA) is 81.4 Å². The van der Waals surface area contributed by atoms with Crippen molar-refractivity contribution in [3.05, 3.63) is 52.8 Å². The van der Waals surface area contributed by atoms with Crippen LogP contribution in [0.25, 0.3) is 11.2 Å². The Bertz CT molecular complexity index is 1110. The number of aromatic nitrogens is 3. The molecule has 0 saturated carbocycles. The molecule has 0 aliphatic carbocycles. The number of nitrogens with zero attached hydrogens (tertiary/aromatic N) is 4. The highest BCUT2D eigenvalue weighted by Gasteiger charge is 2.30. The molecule has 0 bridgehead atoms. The Labute approximate surface area is 160 Å². The molecule has 1 aliphatic heterocycles. The highest BCUT2D eigenvalue weighted by molar-refractivity contribution is 5.89. The van der Waals surface area contributed by atoms with Crippen LogP contribution in [0.5, 0.6) is 5.75 Å². The molecule has 1 saturated heterocycles. The van der Waals surface area contributed by atoms with Gasteiger partial charge in [-0.25, -0.2) is 19.0 Å². The van der Waals surface area contributed by atoms with Crippen molar-refractivity contribution in [3.63, 3.8) is 0 Å². The summed E-state index contributed by atoms with van der Waals surface area (Å²) >= 11 is 0. The molecule has 2 aromatic heterocycles. The molecule has 1 aromatic carbocycles. The van der Waals surface area contributed by atoms with Crippen LogP contribution in [0.3, 0.4) is 0 Å². The van der Waals surface area contributed by atoms with Crippen molar-refractivity contribution in [2.45, 2.75) is 12.5 Å². The number of hydrogen-bond donors (Lipinski definition) is 1. The van der Waals surface area contributed by atoms with Crippen molar-refractivity contribution in [1.29, 1.82) is 0 Å². The van der Waals surface area contributed by atoms with E-state index in [1.54, 1.807) is 39.4 Å². The molecule has 1 N–H and O–H groups in total. The third kappa shape index (κ3) is 2.98. The number of urea groups is 1. The van der Waals surface area contributed by atoms with Gasteiger partial charge in [-0.2, -0.15) is 0 Å². The summed E-state index contributed by atoms with van der Waals surface area (Å²) in [6.45, 7) is 0.866. The van der Waals surface area contributed by atoms with Gasteiger partial charge in [0.05, 0.1) is 18.7 Å². The van der Waals surface area contributed by atoms with E-state index in [4.69, 9.17) is 4.74 Å². The number of methoxy groups -OCH3 is 1. The fraction of sp³-hybridized carbons (Fsp3) is 0.316. The lowest BCUT2D eigenvalue weighted by Gasteiger charge is -2.18. The van der Waals surface area contributed by atoms with Crippen molar-refractivity contribution in [2.24, 2.45) is 7.05 Å². The molecule has 1 atom stereocenters. The standard InChI is InChI=1S/C19H20FN5O3/c1-23-15-4-3-8-21-17(15)25(19(23)27)13-7-9-24(11-13)18(26)22-12-5-6-16(28-2)14(20)10-12/h3-6,8,10,13H,7,9,11H2,1-2H3,(H,22,26)/t13-/m1/s1. The van der Waals surface area contributed by atoms with Gasteiger partial charge >= 0.3 is 11.7 Å². The molecule has 1 fully saturated rings. The SMILES string of the molecule is COc1ccc(NC(=O)N2CC[C@@H](n3c(=O)n(C)c4cccnc43)C2)cc1F. The van der Waals surface area contributed by atoms with Gasteiger partial charge in [0.2, 0.25) is 0 Å². The van der Waals surface area contributed by atoms with Crippen LogP contribution in [0.2, 0.25) is 0 Å². The molecule has 3 aromatic rings. The van der Waals surface area contributed by atoms with Gasteiger partial charge in [-0.15, -0.1) is 0 Å². The Morgan fingerprint density at radius 2 is 2.18 bits per heavy atom. The number of carbonyl (C=O) groups excluding carboxylic acids is 1. The minimum absolute atomic E-state index is 0.113. The second-order valence-electron chi connectivity index (χ2n) is 6.73. The fourth-order valence-electron chi connectivity index (χ4n) is 3.60. The zero-order chi connectivity index (χ0) is 19.8. The summed E-state index contributed by atoms with van der Waals surface area (Å²) in [6.07, 6.45) is 2.29. The van der Waals surface area contributed by atoms with Gasteiger partial charge in [-0.1, -0.05) is 0 Å². The normalized spacial score (nSPS) is 16.5. The number of ether oxygens (including phenoxy) is 1. The summed E-state index contributed by atoms with van der Waals surface area (Å²) in [6, 6.07) is 7.37. The number of amides is 2. The van der Waals surface area contributed by atoms with Crippen molar-refractivity contribution < 1.29 is 13.9 Å². The number of carbonyl (C=O) groups is 1. The Morgan fingerprint density at radius 3 is 2.93 bits per heavy atom. The number of rotatable bonds is 3. The van der Waals surface area contributed by atoms with E-state index in [0.29, 0.717) is 30.8 Å². The first-order valence-electron chi connectivity index (χ1n) is 8.91. The molecule has 0 spiro atoms. The zero-order valence-corrected chi connectivity index (χ0v) is 15.6. The van der Waals surface area contributed by atoms with E-state index in [1.807, 2.05) is 6.07 Å². The van der Waals surface area contributed by atoms with Gasteiger partial charge in [-0.3, -0.25) is 9.13 Å². The largest absolute Gasteiger partial charge is 0.494 e. The third-order valence-corrected chi connectivity index (χ3v) is 5.07. The number of likely N-dealkylation sites (tertiary alicyclic amines) is 1. The van der Waals surface area contributed by atoms with Crippen molar-refractivity contribution in [3.8, 4) is 5.75 Å². The third-order valence-electron chi connectivity index (χ3n) is 5.07. The van der Waals surface area contributed by atoms with E-state index in [1.165, 1.54) is 19.2 Å². The van der Waals surface area contributed by atoms with Crippen LogP contribution in [0.4, 0.5) is 14.9 Å². The van der Waals surface area contributed by atoms with E-state index in [0.717, 1.165) is 5.52 Å². The second-order valence-corrected chi connectivity index (χ2v) is 6.73. The van der Waals surface area contributed by atoms with Crippen molar-refractivity contribution in [2.75, 3.05) is 25.5 Å². The molecule has 8 nitrogen and oxygen atoms in total. The summed E-state index contributed by atoms with van der Waals surface area (Å²) in [5.41, 5.74) is 1.55. The predicted molar refractivity (Wildman–Crippen MR) is 102 cm³/mol. The summed E-state index contributed by atoms with van der Waals surface area (Å²) in [5.74, 6) is -0.435. The molecule has 9 heteroatoms. The number of nitrogens with one attached hydrogen (secondary N) is 1. The molecule has 4 rings (SSSR count). The number of pyridine rings is 1. The molecular formula is C19H20FN5O3. The Morgan fingerprint density at radius 1 is 1.36 bits per heavy atom. The van der Waals surface area contributed by atoms with Gasteiger partial charge < -0.3 is 15.0 Å². The van der Waals surface area contributed by atoms with E-state index >= 15 is 0 Å². The average Bonchev–Trinajstić information content (AvgIpc) is 3.26. The van der Waals surface area contributed by atoms with Crippen molar-refractivity contribution >= 4 is 22.9 Å². The van der Waals surface area contributed by atoms with Crippen LogP contribution in [-0.2, 0) is 7.05 Å². The van der Waals surface area contributed by atoms with Gasteiger partial charge in [0.15, 0.2) is 17.2 Å². The highest BCUT2D eigenvalue weighted by atomic mass is 19.1. The van der Waals surface area contributed by atoms with Crippen LogP contribution < -0.4 is 15.7 Å². The fourth-order valence-corrected chi connectivity index (χ4v) is 3.60. The number of hydrogen-bond acceptors (Lipinski definition) is 4. The lowest BCUT2D eigenvalue weighted by atomic mass is 10.2. The number of anilines is 1. The first-order chi connectivity index (χ1) is 13.5. The van der Waals surface area contributed by atoms with Crippen LogP contribution in [0.15, 0.2) is 41.3 Å². The average molecular weight is 385 g/mol. The Balaban J connectivity index is 1.52. The highest BCUT2D eigenvalue weighted by Crippen LogP contribution is 2.25. The molecular weight excluding hydrogens is 365 g/mol. The maximum atomic E-state index is 13.8. The van der Waals surface area contributed by atoms with E-state index in [9.17, 15) is 14.0 Å². The van der Waals surface area contributed by atoms with E-state index in [2.05, 4.69) is 10.3 Å². The van der Waals surface area contributed by atoms with E-state index in [-0.39, 0.29) is 23.5 Å². The van der Waals surface area contributed by atoms with Gasteiger partial charge in [-0.05, 0) is 30.7 Å².